The summed E-state index contributed by atoms with van der Waals surface area (Å²) in [6.45, 7) is 2.07. The van der Waals surface area contributed by atoms with Gasteiger partial charge in [-0.3, -0.25) is 14.0 Å². The number of pyridine rings is 1. The molecule has 0 aliphatic carbocycles. The Kier molecular flexibility index (Phi) is 5.08. The normalized spacial score (nSPS) is 10.6. The van der Waals surface area contributed by atoms with Crippen LogP contribution in [0.15, 0.2) is 47.3 Å². The predicted molar refractivity (Wildman–Crippen MR) is 95.4 cm³/mol. The summed E-state index contributed by atoms with van der Waals surface area (Å²) in [7, 11) is 0. The molecule has 0 spiro atoms. The van der Waals surface area contributed by atoms with Crippen molar-refractivity contribution in [2.75, 3.05) is 11.9 Å². The molecule has 1 N–H and O–H groups in total. The van der Waals surface area contributed by atoms with Crippen molar-refractivity contribution in [3.8, 4) is 0 Å². The molecule has 2 heterocycles. The number of hydrogen-bond acceptors (Lipinski definition) is 5. The van der Waals surface area contributed by atoms with Crippen LogP contribution in [0.4, 0.5) is 5.69 Å². The Balaban J connectivity index is 1.83. The Hall–Kier alpha value is -2.74. The van der Waals surface area contributed by atoms with Crippen molar-refractivity contribution in [2.45, 2.75) is 13.3 Å². The van der Waals surface area contributed by atoms with Crippen LogP contribution in [0, 0.1) is 0 Å². The maximum atomic E-state index is 12.6. The molecule has 0 atom stereocenters. The molecule has 0 unspecified atom stereocenters. The standard InChI is InChI=1S/C17H15BrN4O3/c1-2-25-15(23)8-11-5-3-4-6-14(11)20-17(24)12-7-13(18)16-21-19-10-22(16)9-12/h3-7,9-10H,2,8H2,1H3,(H,20,24). The number of esters is 1. The Labute approximate surface area is 152 Å². The van der Waals surface area contributed by atoms with Gasteiger partial charge in [0.1, 0.15) is 6.33 Å². The van der Waals surface area contributed by atoms with Crippen LogP contribution < -0.4 is 5.32 Å². The molecule has 3 aromatic rings. The van der Waals surface area contributed by atoms with Crippen molar-refractivity contribution in [1.82, 2.24) is 14.6 Å². The average molecular weight is 403 g/mol. The number of rotatable bonds is 5. The number of nitrogens with one attached hydrogen (secondary N) is 1. The van der Waals surface area contributed by atoms with E-state index in [0.717, 1.165) is 0 Å². The van der Waals surface area contributed by atoms with Crippen LogP contribution in [0.25, 0.3) is 5.65 Å². The second kappa shape index (κ2) is 7.43. The lowest BCUT2D eigenvalue weighted by molar-refractivity contribution is -0.142. The number of fused-ring (bicyclic) bond motifs is 1. The molecule has 8 heteroatoms. The van der Waals surface area contributed by atoms with Gasteiger partial charge in [-0.05, 0) is 40.5 Å². The van der Waals surface area contributed by atoms with Crippen LogP contribution in [-0.4, -0.2) is 33.1 Å². The highest BCUT2D eigenvalue weighted by molar-refractivity contribution is 9.10. The number of aromatic nitrogens is 3. The average Bonchev–Trinajstić information content (AvgIpc) is 3.06. The summed E-state index contributed by atoms with van der Waals surface area (Å²) in [5, 5.41) is 10.6. The van der Waals surface area contributed by atoms with E-state index < -0.39 is 0 Å². The molecule has 0 radical (unpaired) electrons. The molecular formula is C17H15BrN4O3. The van der Waals surface area contributed by atoms with Crippen LogP contribution in [0.1, 0.15) is 22.8 Å². The van der Waals surface area contributed by atoms with Crippen molar-refractivity contribution in [3.63, 3.8) is 0 Å². The minimum atomic E-state index is -0.335. The van der Waals surface area contributed by atoms with E-state index in [9.17, 15) is 9.59 Å². The van der Waals surface area contributed by atoms with E-state index in [2.05, 4.69) is 31.4 Å². The fourth-order valence-electron chi connectivity index (χ4n) is 2.38. The van der Waals surface area contributed by atoms with E-state index in [4.69, 9.17) is 4.74 Å². The molecule has 128 valence electrons. The first-order valence-electron chi connectivity index (χ1n) is 7.62. The summed E-state index contributed by atoms with van der Waals surface area (Å²) in [5.74, 6) is -0.634. The van der Waals surface area contributed by atoms with Gasteiger partial charge in [-0.2, -0.15) is 0 Å². The Bertz CT molecular complexity index is 939. The van der Waals surface area contributed by atoms with E-state index >= 15 is 0 Å². The Morgan fingerprint density at radius 3 is 2.92 bits per heavy atom. The summed E-state index contributed by atoms with van der Waals surface area (Å²) < 4.78 is 7.29. The zero-order chi connectivity index (χ0) is 17.8. The molecule has 2 aromatic heterocycles. The van der Waals surface area contributed by atoms with Gasteiger partial charge < -0.3 is 10.1 Å². The summed E-state index contributed by atoms with van der Waals surface area (Å²) in [4.78, 5) is 24.3. The van der Waals surface area contributed by atoms with Crippen LogP contribution in [0.2, 0.25) is 0 Å². The van der Waals surface area contributed by atoms with Gasteiger partial charge in [0.05, 0.1) is 23.1 Å². The predicted octanol–water partition coefficient (Wildman–Crippen LogP) is 2.85. The molecule has 0 saturated carbocycles. The molecule has 1 aromatic carbocycles. The molecule has 7 nitrogen and oxygen atoms in total. The molecule has 3 rings (SSSR count). The largest absolute Gasteiger partial charge is 0.466 e. The van der Waals surface area contributed by atoms with Gasteiger partial charge in [0.25, 0.3) is 5.91 Å². The highest BCUT2D eigenvalue weighted by Crippen LogP contribution is 2.20. The first kappa shape index (κ1) is 17.1. The van der Waals surface area contributed by atoms with Gasteiger partial charge in [0.2, 0.25) is 0 Å². The third kappa shape index (κ3) is 3.85. The first-order valence-corrected chi connectivity index (χ1v) is 8.41. The lowest BCUT2D eigenvalue weighted by Crippen LogP contribution is -2.16. The number of amides is 1. The number of benzene rings is 1. The molecule has 0 bridgehead atoms. The van der Waals surface area contributed by atoms with Crippen molar-refractivity contribution in [2.24, 2.45) is 0 Å². The number of carbonyl (C=O) groups is 2. The lowest BCUT2D eigenvalue weighted by Gasteiger charge is -2.11. The van der Waals surface area contributed by atoms with Crippen LogP contribution in [0.5, 0.6) is 0 Å². The van der Waals surface area contributed by atoms with Gasteiger partial charge >= 0.3 is 5.97 Å². The smallest absolute Gasteiger partial charge is 0.310 e. The highest BCUT2D eigenvalue weighted by Gasteiger charge is 2.14. The third-order valence-electron chi connectivity index (χ3n) is 3.51. The van der Waals surface area contributed by atoms with Crippen LogP contribution >= 0.6 is 15.9 Å². The second-order valence-corrected chi connectivity index (χ2v) is 6.09. The van der Waals surface area contributed by atoms with Crippen molar-refractivity contribution in [3.05, 3.63) is 58.5 Å². The van der Waals surface area contributed by atoms with E-state index in [1.165, 1.54) is 6.33 Å². The zero-order valence-electron chi connectivity index (χ0n) is 13.4. The van der Waals surface area contributed by atoms with Crippen molar-refractivity contribution in [1.29, 1.82) is 0 Å². The maximum absolute atomic E-state index is 12.6. The first-order chi connectivity index (χ1) is 12.1. The monoisotopic (exact) mass is 402 g/mol. The van der Waals surface area contributed by atoms with E-state index in [0.29, 0.717) is 33.5 Å². The number of halogens is 1. The molecule has 0 aliphatic heterocycles. The van der Waals surface area contributed by atoms with Gasteiger partial charge in [0, 0.05) is 11.9 Å². The van der Waals surface area contributed by atoms with E-state index in [1.807, 2.05) is 6.07 Å². The third-order valence-corrected chi connectivity index (χ3v) is 4.10. The molecule has 25 heavy (non-hydrogen) atoms. The summed E-state index contributed by atoms with van der Waals surface area (Å²) in [5.41, 5.74) is 2.32. The lowest BCUT2D eigenvalue weighted by atomic mass is 10.1. The SMILES string of the molecule is CCOC(=O)Cc1ccccc1NC(=O)c1cc(Br)c2nncn2c1. The number of para-hydroxylation sites is 1. The number of nitrogens with zero attached hydrogens (tertiary/aromatic N) is 3. The molecule has 0 aliphatic rings. The topological polar surface area (TPSA) is 85.6 Å². The van der Waals surface area contributed by atoms with Gasteiger partial charge in [0.15, 0.2) is 5.65 Å². The van der Waals surface area contributed by atoms with Crippen LogP contribution in [0.3, 0.4) is 0 Å². The van der Waals surface area contributed by atoms with Crippen LogP contribution in [-0.2, 0) is 16.0 Å². The van der Waals surface area contributed by atoms with Crippen molar-refractivity contribution >= 4 is 39.1 Å². The summed E-state index contributed by atoms with van der Waals surface area (Å²) in [6.07, 6.45) is 3.26. The minimum Gasteiger partial charge on any atom is -0.466 e. The molecular weight excluding hydrogens is 388 g/mol. The maximum Gasteiger partial charge on any atom is 0.310 e. The van der Waals surface area contributed by atoms with E-state index in [1.54, 1.807) is 41.8 Å². The zero-order valence-corrected chi connectivity index (χ0v) is 15.0. The van der Waals surface area contributed by atoms with Gasteiger partial charge in [-0.1, -0.05) is 18.2 Å². The quantitative estimate of drug-likeness (QED) is 0.663. The fraction of sp³-hybridized carbons (Fsp3) is 0.176. The van der Waals surface area contributed by atoms with Crippen molar-refractivity contribution < 1.29 is 14.3 Å². The second-order valence-electron chi connectivity index (χ2n) is 5.23. The Morgan fingerprint density at radius 1 is 1.32 bits per heavy atom. The number of anilines is 1. The molecule has 0 fully saturated rings. The summed E-state index contributed by atoms with van der Waals surface area (Å²) >= 11 is 3.38. The Morgan fingerprint density at radius 2 is 2.12 bits per heavy atom. The van der Waals surface area contributed by atoms with E-state index in [-0.39, 0.29) is 18.3 Å². The summed E-state index contributed by atoms with van der Waals surface area (Å²) in [6, 6.07) is 8.81. The number of hydrogen-bond donors (Lipinski definition) is 1. The highest BCUT2D eigenvalue weighted by atomic mass is 79.9. The molecule has 1 amide bonds. The molecule has 0 saturated heterocycles. The fourth-order valence-corrected chi connectivity index (χ4v) is 2.91. The minimum absolute atomic E-state index is 0.0957. The van der Waals surface area contributed by atoms with Gasteiger partial charge in [-0.15, -0.1) is 10.2 Å². The number of ether oxygens (including phenoxy) is 1. The van der Waals surface area contributed by atoms with Gasteiger partial charge in [-0.25, -0.2) is 0 Å². The number of carbonyl (C=O) groups excluding carboxylic acids is 2.